The van der Waals surface area contributed by atoms with Gasteiger partial charge < -0.3 is 9.26 Å². The summed E-state index contributed by atoms with van der Waals surface area (Å²) < 4.78 is 11.6. The molecule has 0 bridgehead atoms. The second-order valence-corrected chi connectivity index (χ2v) is 7.08. The predicted octanol–water partition coefficient (Wildman–Crippen LogP) is 3.44. The number of aromatic amines is 1. The fourth-order valence-electron chi connectivity index (χ4n) is 3.41. The summed E-state index contributed by atoms with van der Waals surface area (Å²) in [5.41, 5.74) is 5.85. The molecule has 0 saturated heterocycles. The largest absolute Gasteiger partial charge is 0.487 e. The number of pyridine rings is 1. The first-order chi connectivity index (χ1) is 14.5. The molecule has 0 aliphatic heterocycles. The summed E-state index contributed by atoms with van der Waals surface area (Å²) in [7, 11) is 0. The van der Waals surface area contributed by atoms with Crippen LogP contribution in [-0.2, 0) is 13.2 Å². The standard InChI is InChI=1S/C23H21N3O4/c1-15-4-3-5-16(2)21(15)18-10-11-24-19(12-18)14-29-20-8-6-17(7-9-20)13-26-22(27)25-23(28)30-26/h3-12H,13-14H2,1-2H3,(H,25,27,28). The van der Waals surface area contributed by atoms with Gasteiger partial charge in [-0.25, -0.2) is 14.6 Å². The molecule has 0 aliphatic rings. The molecule has 7 nitrogen and oxygen atoms in total. The van der Waals surface area contributed by atoms with Crippen LogP contribution >= 0.6 is 0 Å². The summed E-state index contributed by atoms with van der Waals surface area (Å²) in [6, 6.07) is 17.6. The van der Waals surface area contributed by atoms with Gasteiger partial charge in [0, 0.05) is 6.20 Å². The molecular formula is C23H21N3O4. The normalized spacial score (nSPS) is 10.9. The number of aryl methyl sites for hydroxylation is 2. The highest BCUT2D eigenvalue weighted by atomic mass is 16.5. The minimum absolute atomic E-state index is 0.164. The van der Waals surface area contributed by atoms with Crippen molar-refractivity contribution in [3.05, 3.63) is 104 Å². The second kappa shape index (κ2) is 8.24. The van der Waals surface area contributed by atoms with Gasteiger partial charge in [-0.1, -0.05) is 30.3 Å². The molecule has 2 heterocycles. The molecule has 1 N–H and O–H groups in total. The van der Waals surface area contributed by atoms with E-state index in [-0.39, 0.29) is 6.54 Å². The van der Waals surface area contributed by atoms with Crippen molar-refractivity contribution in [2.24, 2.45) is 0 Å². The molecule has 4 aromatic rings. The Morgan fingerprint density at radius 1 is 1.03 bits per heavy atom. The monoisotopic (exact) mass is 403 g/mol. The number of ether oxygens (including phenoxy) is 1. The van der Waals surface area contributed by atoms with Gasteiger partial charge in [-0.15, -0.1) is 4.74 Å². The summed E-state index contributed by atoms with van der Waals surface area (Å²) in [5.74, 6) is -0.0866. The van der Waals surface area contributed by atoms with E-state index in [0.29, 0.717) is 12.4 Å². The van der Waals surface area contributed by atoms with Crippen LogP contribution in [0.15, 0.2) is 74.9 Å². The van der Waals surface area contributed by atoms with E-state index in [9.17, 15) is 9.59 Å². The Kier molecular flexibility index (Phi) is 5.34. The summed E-state index contributed by atoms with van der Waals surface area (Å²) in [4.78, 5) is 29.1. The number of H-pyrrole nitrogens is 1. The molecule has 0 fully saturated rings. The second-order valence-electron chi connectivity index (χ2n) is 7.08. The van der Waals surface area contributed by atoms with Crippen LogP contribution in [0.2, 0.25) is 0 Å². The Labute approximate surface area is 172 Å². The van der Waals surface area contributed by atoms with Crippen molar-refractivity contribution in [3.63, 3.8) is 0 Å². The lowest BCUT2D eigenvalue weighted by Gasteiger charge is -2.12. The van der Waals surface area contributed by atoms with E-state index in [1.165, 1.54) is 16.7 Å². The predicted molar refractivity (Wildman–Crippen MR) is 113 cm³/mol. The summed E-state index contributed by atoms with van der Waals surface area (Å²) in [6.07, 6.45) is 1.80. The zero-order valence-corrected chi connectivity index (χ0v) is 16.7. The lowest BCUT2D eigenvalue weighted by Crippen LogP contribution is -2.17. The van der Waals surface area contributed by atoms with Gasteiger partial charge in [0.25, 0.3) is 0 Å². The maximum atomic E-state index is 11.5. The summed E-state index contributed by atoms with van der Waals surface area (Å²) >= 11 is 0. The van der Waals surface area contributed by atoms with Gasteiger partial charge in [-0.3, -0.25) is 4.98 Å². The van der Waals surface area contributed by atoms with Gasteiger partial charge in [0.05, 0.1) is 12.2 Å². The molecule has 0 unspecified atom stereocenters. The molecule has 4 rings (SSSR count). The van der Waals surface area contributed by atoms with Gasteiger partial charge in [0.15, 0.2) is 0 Å². The van der Waals surface area contributed by atoms with E-state index in [2.05, 4.69) is 42.0 Å². The highest BCUT2D eigenvalue weighted by molar-refractivity contribution is 5.70. The van der Waals surface area contributed by atoms with E-state index < -0.39 is 11.4 Å². The van der Waals surface area contributed by atoms with Gasteiger partial charge >= 0.3 is 11.4 Å². The van der Waals surface area contributed by atoms with Gasteiger partial charge in [-0.05, 0) is 65.9 Å². The maximum absolute atomic E-state index is 11.5. The molecule has 0 aliphatic carbocycles. The van der Waals surface area contributed by atoms with Crippen LogP contribution in [0.25, 0.3) is 11.1 Å². The van der Waals surface area contributed by atoms with E-state index in [0.717, 1.165) is 21.6 Å². The van der Waals surface area contributed by atoms with Crippen LogP contribution in [0, 0.1) is 13.8 Å². The van der Waals surface area contributed by atoms with Crippen molar-refractivity contribution in [1.29, 1.82) is 0 Å². The molecule has 0 atom stereocenters. The van der Waals surface area contributed by atoms with Crippen molar-refractivity contribution < 1.29 is 9.26 Å². The van der Waals surface area contributed by atoms with Crippen LogP contribution in [0.3, 0.4) is 0 Å². The zero-order chi connectivity index (χ0) is 21.1. The van der Waals surface area contributed by atoms with Crippen molar-refractivity contribution in [3.8, 4) is 16.9 Å². The van der Waals surface area contributed by atoms with Crippen LogP contribution in [0.1, 0.15) is 22.4 Å². The highest BCUT2D eigenvalue weighted by Gasteiger charge is 2.08. The van der Waals surface area contributed by atoms with Crippen molar-refractivity contribution >= 4 is 0 Å². The third kappa shape index (κ3) is 4.25. The molecule has 0 spiro atoms. The van der Waals surface area contributed by atoms with Crippen LogP contribution in [0.5, 0.6) is 5.75 Å². The van der Waals surface area contributed by atoms with Crippen molar-refractivity contribution in [2.75, 3.05) is 0 Å². The van der Waals surface area contributed by atoms with Gasteiger partial charge in [-0.2, -0.15) is 0 Å². The molecule has 152 valence electrons. The smallest absolute Gasteiger partial charge is 0.440 e. The number of benzene rings is 2. The van der Waals surface area contributed by atoms with Crippen molar-refractivity contribution in [1.82, 2.24) is 14.7 Å². The van der Waals surface area contributed by atoms with Crippen LogP contribution in [0.4, 0.5) is 0 Å². The number of hydrogen-bond donors (Lipinski definition) is 1. The first kappa shape index (κ1) is 19.4. The van der Waals surface area contributed by atoms with Crippen molar-refractivity contribution in [2.45, 2.75) is 27.0 Å². The molecule has 30 heavy (non-hydrogen) atoms. The number of nitrogens with one attached hydrogen (secondary N) is 1. The lowest BCUT2D eigenvalue weighted by molar-refractivity contribution is 0.258. The van der Waals surface area contributed by atoms with Crippen LogP contribution in [-0.4, -0.2) is 14.7 Å². The quantitative estimate of drug-likeness (QED) is 0.533. The Balaban J connectivity index is 1.44. The number of hydrogen-bond acceptors (Lipinski definition) is 5. The first-order valence-corrected chi connectivity index (χ1v) is 9.53. The number of rotatable bonds is 6. The number of nitrogens with zero attached hydrogens (tertiary/aromatic N) is 2. The third-order valence-electron chi connectivity index (χ3n) is 4.85. The fourth-order valence-corrected chi connectivity index (χ4v) is 3.41. The molecule has 7 heteroatoms. The van der Waals surface area contributed by atoms with E-state index in [1.54, 1.807) is 18.3 Å². The average Bonchev–Trinajstić information content (AvgIpc) is 3.04. The molecule has 0 radical (unpaired) electrons. The zero-order valence-electron chi connectivity index (χ0n) is 16.7. The Bertz CT molecular complexity index is 1260. The minimum atomic E-state index is -0.768. The van der Waals surface area contributed by atoms with Gasteiger partial charge in [0.1, 0.15) is 12.4 Å². The van der Waals surface area contributed by atoms with E-state index >= 15 is 0 Å². The highest BCUT2D eigenvalue weighted by Crippen LogP contribution is 2.27. The Morgan fingerprint density at radius 2 is 1.77 bits per heavy atom. The first-order valence-electron chi connectivity index (χ1n) is 9.53. The van der Waals surface area contributed by atoms with E-state index in [1.807, 2.05) is 24.3 Å². The Hall–Kier alpha value is -3.87. The SMILES string of the molecule is Cc1cccc(C)c1-c1ccnc(COc2ccc(Cn3oc(=O)[nH]c3=O)cc2)c1. The average molecular weight is 403 g/mol. The fraction of sp³-hybridized carbons (Fsp3) is 0.174. The molecule has 0 amide bonds. The molecular weight excluding hydrogens is 382 g/mol. The summed E-state index contributed by atoms with van der Waals surface area (Å²) in [5, 5.41) is 0. The third-order valence-corrected chi connectivity index (χ3v) is 4.85. The number of aromatic nitrogens is 3. The van der Waals surface area contributed by atoms with E-state index in [4.69, 9.17) is 9.26 Å². The summed E-state index contributed by atoms with van der Waals surface area (Å²) in [6.45, 7) is 4.71. The molecule has 2 aromatic heterocycles. The molecule has 0 saturated carbocycles. The van der Waals surface area contributed by atoms with Gasteiger partial charge in [0.2, 0.25) is 0 Å². The topological polar surface area (TPSA) is 90.1 Å². The lowest BCUT2D eigenvalue weighted by atomic mass is 9.96. The molecule has 2 aromatic carbocycles. The van der Waals surface area contributed by atoms with Crippen LogP contribution < -0.4 is 16.2 Å². The minimum Gasteiger partial charge on any atom is -0.487 e. The maximum Gasteiger partial charge on any atom is 0.440 e. The Morgan fingerprint density at radius 3 is 2.43 bits per heavy atom.